The smallest absolute Gasteiger partial charge is 0.392 e. The third-order valence-corrected chi connectivity index (χ3v) is 6.21. The average Bonchev–Trinajstić information content (AvgIpc) is 3.38. The van der Waals surface area contributed by atoms with E-state index in [1.165, 1.54) is 12.1 Å². The van der Waals surface area contributed by atoms with Gasteiger partial charge in [-0.15, -0.1) is 0 Å². The monoisotopic (exact) mass is 450 g/mol. The molecule has 0 heterocycles. The van der Waals surface area contributed by atoms with E-state index in [-0.39, 0.29) is 36.8 Å². The normalized spacial score (nSPS) is 31.2. The van der Waals surface area contributed by atoms with E-state index in [1.54, 1.807) is 0 Å². The molecule has 3 fully saturated rings. The first kappa shape index (κ1) is 21.2. The highest BCUT2D eigenvalue weighted by Crippen LogP contribution is 2.70. The van der Waals surface area contributed by atoms with Crippen LogP contribution in [0.25, 0.3) is 0 Å². The third-order valence-electron chi connectivity index (χ3n) is 5.90. The van der Waals surface area contributed by atoms with Crippen molar-refractivity contribution in [2.75, 3.05) is 13.2 Å². The van der Waals surface area contributed by atoms with E-state index in [2.05, 4.69) is 10.6 Å². The summed E-state index contributed by atoms with van der Waals surface area (Å²) < 4.78 is 61.1. The molecular weight excluding hydrogens is 432 g/mol. The molecule has 3 aliphatic rings. The van der Waals surface area contributed by atoms with Crippen LogP contribution in [-0.2, 0) is 14.3 Å². The van der Waals surface area contributed by atoms with E-state index in [0.717, 1.165) is 6.07 Å². The quantitative estimate of drug-likeness (QED) is 0.597. The first-order chi connectivity index (χ1) is 14.0. The number of carbonyl (C=O) groups excluding carboxylic acids is 2. The van der Waals surface area contributed by atoms with Crippen molar-refractivity contribution in [3.8, 4) is 5.75 Å². The Bertz CT molecular complexity index is 867. The number of nitrogens with one attached hydrogen (secondary N) is 2. The van der Waals surface area contributed by atoms with Crippen LogP contribution in [-0.4, -0.2) is 48.4 Å². The van der Waals surface area contributed by atoms with Gasteiger partial charge in [0.15, 0.2) is 6.61 Å². The van der Waals surface area contributed by atoms with Crippen molar-refractivity contribution in [3.63, 3.8) is 0 Å². The zero-order valence-electron chi connectivity index (χ0n) is 15.7. The van der Waals surface area contributed by atoms with Gasteiger partial charge in [0.2, 0.25) is 5.91 Å². The maximum absolute atomic E-state index is 13.4. The fourth-order valence-electron chi connectivity index (χ4n) is 3.79. The summed E-state index contributed by atoms with van der Waals surface area (Å²) in [6, 6.07) is 3.83. The molecule has 1 aromatic carbocycles. The Balaban J connectivity index is 1.14. The van der Waals surface area contributed by atoms with Crippen molar-refractivity contribution in [1.29, 1.82) is 0 Å². The maximum Gasteiger partial charge on any atom is 0.392 e. The topological polar surface area (TPSA) is 76.7 Å². The van der Waals surface area contributed by atoms with Crippen molar-refractivity contribution in [2.45, 2.75) is 49.0 Å². The van der Waals surface area contributed by atoms with Crippen LogP contribution < -0.4 is 15.4 Å². The Labute approximate surface area is 174 Å². The molecule has 0 atom stereocenters. The van der Waals surface area contributed by atoms with Crippen LogP contribution in [0.5, 0.6) is 5.75 Å². The van der Waals surface area contributed by atoms with Crippen molar-refractivity contribution in [2.24, 2.45) is 5.92 Å². The number of hydrogen-bond acceptors (Lipinski definition) is 4. The highest BCUT2D eigenvalue weighted by atomic mass is 35.5. The van der Waals surface area contributed by atoms with E-state index in [9.17, 15) is 27.2 Å². The Morgan fingerprint density at radius 1 is 1.10 bits per heavy atom. The number of halogens is 5. The van der Waals surface area contributed by atoms with Crippen LogP contribution >= 0.6 is 11.6 Å². The number of ether oxygens (including phenoxy) is 2. The van der Waals surface area contributed by atoms with E-state index >= 15 is 0 Å². The number of hydrogen-bond donors (Lipinski definition) is 2. The second-order valence-corrected chi connectivity index (χ2v) is 8.53. The molecular formula is C19H19ClF4N2O4. The molecule has 0 radical (unpaired) electrons. The molecule has 30 heavy (non-hydrogen) atoms. The summed E-state index contributed by atoms with van der Waals surface area (Å²) in [5, 5.41) is 5.52. The Kier molecular flexibility index (Phi) is 5.13. The highest BCUT2D eigenvalue weighted by molar-refractivity contribution is 6.30. The summed E-state index contributed by atoms with van der Waals surface area (Å²) in [7, 11) is 0. The summed E-state index contributed by atoms with van der Waals surface area (Å²) in [4.78, 5) is 24.1. The Morgan fingerprint density at radius 3 is 2.27 bits per heavy atom. The average molecular weight is 451 g/mol. The maximum atomic E-state index is 13.4. The molecule has 0 aliphatic heterocycles. The van der Waals surface area contributed by atoms with Gasteiger partial charge in [-0.2, -0.15) is 13.2 Å². The van der Waals surface area contributed by atoms with Crippen molar-refractivity contribution >= 4 is 23.4 Å². The molecule has 3 saturated carbocycles. The molecule has 2 N–H and O–H groups in total. The van der Waals surface area contributed by atoms with E-state index in [0.29, 0.717) is 12.8 Å². The molecule has 0 saturated heterocycles. The molecule has 0 spiro atoms. The van der Waals surface area contributed by atoms with Crippen LogP contribution in [0.15, 0.2) is 18.2 Å². The lowest BCUT2D eigenvalue weighted by atomic mass is 9.82. The van der Waals surface area contributed by atoms with Gasteiger partial charge in [-0.05, 0) is 37.8 Å². The molecule has 4 rings (SSSR count). The summed E-state index contributed by atoms with van der Waals surface area (Å²) in [6.45, 7) is -0.635. The molecule has 1 aromatic rings. The summed E-state index contributed by atoms with van der Waals surface area (Å²) in [5.74, 6) is -2.69. The van der Waals surface area contributed by atoms with Gasteiger partial charge in [0.05, 0.1) is 28.1 Å². The minimum Gasteiger partial charge on any atom is -0.484 e. The third kappa shape index (κ3) is 4.20. The van der Waals surface area contributed by atoms with Gasteiger partial charge in [-0.1, -0.05) is 11.6 Å². The van der Waals surface area contributed by atoms with Crippen molar-refractivity contribution < 1.29 is 36.6 Å². The SMILES string of the molecule is O=C(COc1ccc(Cl)c(F)c1)NC12CC1(NC(=O)COC1CC(C(F)(F)F)C1)C2. The Hall–Kier alpha value is -2.07. The molecule has 0 bridgehead atoms. The number of amides is 2. The second-order valence-electron chi connectivity index (χ2n) is 8.12. The zero-order chi connectivity index (χ0) is 21.7. The highest BCUT2D eigenvalue weighted by Gasteiger charge is 2.85. The van der Waals surface area contributed by atoms with E-state index in [4.69, 9.17) is 21.1 Å². The van der Waals surface area contributed by atoms with Crippen LogP contribution in [0.3, 0.4) is 0 Å². The molecule has 164 valence electrons. The number of benzene rings is 1. The standard InChI is InChI=1S/C19H19ClF4N2O4/c20-13-2-1-11(5-14(13)21)29-6-15(27)25-17-8-18(17,9-17)26-16(28)7-30-12-3-10(4-12)19(22,23)24/h1-2,5,10,12H,3-4,6-9H2,(H,25,27)(H,26,28). The molecule has 0 unspecified atom stereocenters. The lowest BCUT2D eigenvalue weighted by Gasteiger charge is -2.36. The van der Waals surface area contributed by atoms with Gasteiger partial charge in [0.25, 0.3) is 5.91 Å². The first-order valence-electron chi connectivity index (χ1n) is 9.40. The van der Waals surface area contributed by atoms with Gasteiger partial charge < -0.3 is 20.1 Å². The molecule has 3 aliphatic carbocycles. The molecule has 0 aromatic heterocycles. The summed E-state index contributed by atoms with van der Waals surface area (Å²) >= 11 is 5.58. The van der Waals surface area contributed by atoms with Crippen molar-refractivity contribution in [3.05, 3.63) is 29.0 Å². The van der Waals surface area contributed by atoms with Gasteiger partial charge in [0.1, 0.15) is 18.2 Å². The summed E-state index contributed by atoms with van der Waals surface area (Å²) in [5.41, 5.74) is -1.05. The molecule has 6 nitrogen and oxygen atoms in total. The fourth-order valence-corrected chi connectivity index (χ4v) is 3.91. The van der Waals surface area contributed by atoms with Crippen LogP contribution in [0, 0.1) is 11.7 Å². The predicted octanol–water partition coefficient (Wildman–Crippen LogP) is 2.73. The van der Waals surface area contributed by atoms with Crippen LogP contribution in [0.4, 0.5) is 17.6 Å². The number of carbonyl (C=O) groups is 2. The lowest BCUT2D eigenvalue weighted by molar-refractivity contribution is -0.219. The first-order valence-corrected chi connectivity index (χ1v) is 9.78. The van der Waals surface area contributed by atoms with Gasteiger partial charge >= 0.3 is 6.18 Å². The lowest BCUT2D eigenvalue weighted by Crippen LogP contribution is -2.43. The molecule has 11 heteroatoms. The Morgan fingerprint density at radius 2 is 1.70 bits per heavy atom. The largest absolute Gasteiger partial charge is 0.484 e. The van der Waals surface area contributed by atoms with Gasteiger partial charge in [0, 0.05) is 6.07 Å². The zero-order valence-corrected chi connectivity index (χ0v) is 16.4. The summed E-state index contributed by atoms with van der Waals surface area (Å²) in [6.07, 6.45) is -3.90. The minimum atomic E-state index is -4.22. The number of alkyl halides is 3. The van der Waals surface area contributed by atoms with Gasteiger partial charge in [-0.3, -0.25) is 9.59 Å². The van der Waals surface area contributed by atoms with E-state index in [1.807, 2.05) is 0 Å². The van der Waals surface area contributed by atoms with Crippen LogP contribution in [0.1, 0.15) is 25.7 Å². The van der Waals surface area contributed by atoms with E-state index < -0.39 is 46.9 Å². The predicted molar refractivity (Wildman–Crippen MR) is 96.4 cm³/mol. The van der Waals surface area contributed by atoms with Crippen molar-refractivity contribution in [1.82, 2.24) is 10.6 Å². The fraction of sp³-hybridized carbons (Fsp3) is 0.579. The number of rotatable bonds is 8. The minimum absolute atomic E-state index is 0.0522. The number of fused-ring (bicyclic) bond motifs is 1. The molecule has 2 amide bonds. The van der Waals surface area contributed by atoms with Gasteiger partial charge in [-0.25, -0.2) is 4.39 Å². The van der Waals surface area contributed by atoms with Crippen LogP contribution in [0.2, 0.25) is 5.02 Å². The second kappa shape index (κ2) is 7.26.